The first-order chi connectivity index (χ1) is 14.0. The number of aromatic nitrogens is 3. The normalized spacial score (nSPS) is 15.0. The van der Waals surface area contributed by atoms with Gasteiger partial charge in [0.25, 0.3) is 5.91 Å². The molecule has 3 N–H and O–H groups in total. The van der Waals surface area contributed by atoms with Gasteiger partial charge in [-0.25, -0.2) is 9.78 Å². The van der Waals surface area contributed by atoms with Crippen molar-refractivity contribution in [2.24, 2.45) is 0 Å². The Morgan fingerprint density at radius 2 is 2.03 bits per heavy atom. The molecule has 150 valence electrons. The van der Waals surface area contributed by atoms with Crippen molar-refractivity contribution in [3.8, 4) is 0 Å². The fourth-order valence-electron chi connectivity index (χ4n) is 3.22. The van der Waals surface area contributed by atoms with E-state index in [-0.39, 0.29) is 18.0 Å². The van der Waals surface area contributed by atoms with E-state index < -0.39 is 0 Å². The van der Waals surface area contributed by atoms with Crippen LogP contribution in [0.25, 0.3) is 10.9 Å². The number of thioether (sulfide) groups is 1. The Morgan fingerprint density at radius 1 is 1.28 bits per heavy atom. The highest BCUT2D eigenvalue weighted by Gasteiger charge is 2.32. The van der Waals surface area contributed by atoms with Crippen LogP contribution in [0.4, 0.5) is 10.6 Å². The summed E-state index contributed by atoms with van der Waals surface area (Å²) in [7, 11) is 0. The Hall–Kier alpha value is -3.07. The lowest BCUT2D eigenvalue weighted by Gasteiger charge is -2.37. The van der Waals surface area contributed by atoms with E-state index in [1.165, 1.54) is 0 Å². The second kappa shape index (κ2) is 8.12. The van der Waals surface area contributed by atoms with Crippen molar-refractivity contribution in [3.63, 3.8) is 0 Å². The number of H-pyrrole nitrogens is 1. The van der Waals surface area contributed by atoms with Gasteiger partial charge < -0.3 is 10.2 Å². The van der Waals surface area contributed by atoms with Crippen molar-refractivity contribution in [1.82, 2.24) is 25.4 Å². The van der Waals surface area contributed by atoms with Crippen LogP contribution in [0.5, 0.6) is 0 Å². The number of carbonyl (C=O) groups excluding carboxylic acids is 2. The van der Waals surface area contributed by atoms with Crippen LogP contribution in [0.3, 0.4) is 0 Å². The first-order valence-electron chi connectivity index (χ1n) is 9.34. The van der Waals surface area contributed by atoms with E-state index in [2.05, 4.69) is 25.8 Å². The van der Waals surface area contributed by atoms with E-state index in [1.807, 2.05) is 43.5 Å². The molecule has 3 heterocycles. The second-order valence-electron chi connectivity index (χ2n) is 6.99. The Balaban J connectivity index is 1.42. The summed E-state index contributed by atoms with van der Waals surface area (Å²) < 4.78 is 0. The lowest BCUT2D eigenvalue weighted by atomic mass is 10.1. The number of hydrogen-bond acceptors (Lipinski definition) is 5. The molecular weight excluding hydrogens is 388 g/mol. The van der Waals surface area contributed by atoms with Gasteiger partial charge in [0.1, 0.15) is 5.82 Å². The van der Waals surface area contributed by atoms with Crippen molar-refractivity contribution in [2.75, 3.05) is 24.7 Å². The number of hydrogen-bond donors (Lipinski definition) is 3. The summed E-state index contributed by atoms with van der Waals surface area (Å²) in [6.45, 7) is 3.39. The molecule has 4 rings (SSSR count). The third kappa shape index (κ3) is 4.04. The second-order valence-corrected chi connectivity index (χ2v) is 8.12. The number of aromatic amines is 1. The Morgan fingerprint density at radius 3 is 2.76 bits per heavy atom. The minimum Gasteiger partial charge on any atom is -0.335 e. The summed E-state index contributed by atoms with van der Waals surface area (Å²) in [6, 6.07) is 10.9. The minimum absolute atomic E-state index is 0.0986. The minimum atomic E-state index is -0.354. The van der Waals surface area contributed by atoms with Crippen LogP contribution in [0, 0.1) is 0 Å². The maximum Gasteiger partial charge on any atom is 0.320 e. The van der Waals surface area contributed by atoms with Crippen molar-refractivity contribution in [3.05, 3.63) is 53.9 Å². The van der Waals surface area contributed by atoms with Gasteiger partial charge in [0.2, 0.25) is 0 Å². The predicted octanol–water partition coefficient (Wildman–Crippen LogP) is 3.03. The van der Waals surface area contributed by atoms with E-state index in [4.69, 9.17) is 0 Å². The molecule has 8 nitrogen and oxygen atoms in total. The average molecular weight is 411 g/mol. The predicted molar refractivity (Wildman–Crippen MR) is 114 cm³/mol. The standard InChI is InChI=1S/C20H22N6O2S/c1-12(13-6-4-3-5-7-13)22-20(28)23-17-8-16-15(9-21-17)18(25-24-16)19(27)26-10-14(11-26)29-2/h3-9,12,14H,10-11H2,1-2H3,(H,24,25)(H2,21,22,23,28). The number of fused-ring (bicyclic) bond motifs is 1. The van der Waals surface area contributed by atoms with Gasteiger partial charge in [0.15, 0.2) is 5.69 Å². The summed E-state index contributed by atoms with van der Waals surface area (Å²) in [4.78, 5) is 30.9. The van der Waals surface area contributed by atoms with E-state index in [0.29, 0.717) is 27.7 Å². The van der Waals surface area contributed by atoms with Crippen molar-refractivity contribution in [2.45, 2.75) is 18.2 Å². The van der Waals surface area contributed by atoms with Crippen LogP contribution in [-0.4, -0.2) is 56.6 Å². The van der Waals surface area contributed by atoms with Crippen molar-refractivity contribution >= 4 is 40.4 Å². The van der Waals surface area contributed by atoms with Gasteiger partial charge in [-0.2, -0.15) is 16.9 Å². The Labute approximate surface area is 172 Å². The molecule has 3 amide bonds. The van der Waals surface area contributed by atoms with Gasteiger partial charge in [-0.05, 0) is 18.7 Å². The maximum atomic E-state index is 12.6. The summed E-state index contributed by atoms with van der Waals surface area (Å²) in [5, 5.41) is 13.8. The van der Waals surface area contributed by atoms with Crippen LogP contribution < -0.4 is 10.6 Å². The number of rotatable bonds is 5. The number of carbonyl (C=O) groups is 2. The van der Waals surface area contributed by atoms with E-state index in [0.717, 1.165) is 18.7 Å². The van der Waals surface area contributed by atoms with Gasteiger partial charge in [-0.3, -0.25) is 15.2 Å². The number of nitrogens with zero attached hydrogens (tertiary/aromatic N) is 3. The van der Waals surface area contributed by atoms with E-state index in [1.54, 1.807) is 28.9 Å². The van der Waals surface area contributed by atoms with E-state index in [9.17, 15) is 9.59 Å². The van der Waals surface area contributed by atoms with Crippen molar-refractivity contribution < 1.29 is 9.59 Å². The number of amides is 3. The molecule has 1 unspecified atom stereocenters. The highest BCUT2D eigenvalue weighted by Crippen LogP contribution is 2.25. The first kappa shape index (κ1) is 19.3. The Bertz CT molecular complexity index is 1030. The summed E-state index contributed by atoms with van der Waals surface area (Å²) in [5.41, 5.74) is 2.02. The monoisotopic (exact) mass is 410 g/mol. The van der Waals surface area contributed by atoms with Gasteiger partial charge in [0.05, 0.1) is 16.9 Å². The number of pyridine rings is 1. The largest absolute Gasteiger partial charge is 0.335 e. The zero-order valence-electron chi connectivity index (χ0n) is 16.2. The summed E-state index contributed by atoms with van der Waals surface area (Å²) in [5.74, 6) is 0.280. The van der Waals surface area contributed by atoms with Crippen LogP contribution in [0.15, 0.2) is 42.6 Å². The first-order valence-corrected chi connectivity index (χ1v) is 10.6. The van der Waals surface area contributed by atoms with Gasteiger partial charge in [-0.15, -0.1) is 0 Å². The quantitative estimate of drug-likeness (QED) is 0.600. The molecule has 1 aliphatic heterocycles. The third-order valence-corrected chi connectivity index (χ3v) is 5.97. The van der Waals surface area contributed by atoms with Gasteiger partial charge in [0, 0.05) is 30.6 Å². The molecule has 2 aromatic heterocycles. The smallest absolute Gasteiger partial charge is 0.320 e. The van der Waals surface area contributed by atoms with Crippen LogP contribution in [0.2, 0.25) is 0 Å². The SMILES string of the molecule is CSC1CN(C(=O)c2n[nH]c3cc(NC(=O)NC(C)c4ccccc4)ncc23)C1. The number of benzene rings is 1. The summed E-state index contributed by atoms with van der Waals surface area (Å²) >= 11 is 1.76. The number of nitrogens with one attached hydrogen (secondary N) is 3. The third-order valence-electron chi connectivity index (χ3n) is 5.01. The fourth-order valence-corrected chi connectivity index (χ4v) is 3.88. The number of anilines is 1. The van der Waals surface area contributed by atoms with Gasteiger partial charge in [-0.1, -0.05) is 30.3 Å². The zero-order valence-corrected chi connectivity index (χ0v) is 17.0. The molecule has 9 heteroatoms. The molecule has 29 heavy (non-hydrogen) atoms. The van der Waals surface area contributed by atoms with Crippen LogP contribution >= 0.6 is 11.8 Å². The molecule has 0 aliphatic carbocycles. The zero-order chi connectivity index (χ0) is 20.4. The molecule has 1 fully saturated rings. The Kier molecular flexibility index (Phi) is 5.39. The fraction of sp³-hybridized carbons (Fsp3) is 0.300. The van der Waals surface area contributed by atoms with E-state index >= 15 is 0 Å². The maximum absolute atomic E-state index is 12.6. The van der Waals surface area contributed by atoms with Crippen LogP contribution in [-0.2, 0) is 0 Å². The highest BCUT2D eigenvalue weighted by molar-refractivity contribution is 7.99. The number of urea groups is 1. The molecular formula is C20H22N6O2S. The molecule has 1 atom stereocenters. The topological polar surface area (TPSA) is 103 Å². The average Bonchev–Trinajstić information content (AvgIpc) is 3.11. The molecule has 1 aromatic carbocycles. The molecule has 0 radical (unpaired) electrons. The molecule has 3 aromatic rings. The summed E-state index contributed by atoms with van der Waals surface area (Å²) in [6.07, 6.45) is 3.61. The molecule has 0 spiro atoms. The lowest BCUT2D eigenvalue weighted by Crippen LogP contribution is -2.52. The number of likely N-dealkylation sites (tertiary alicyclic amines) is 1. The lowest BCUT2D eigenvalue weighted by molar-refractivity contribution is 0.0660. The highest BCUT2D eigenvalue weighted by atomic mass is 32.2. The molecule has 1 aliphatic rings. The molecule has 0 saturated carbocycles. The molecule has 0 bridgehead atoms. The van der Waals surface area contributed by atoms with Gasteiger partial charge >= 0.3 is 6.03 Å². The van der Waals surface area contributed by atoms with Crippen molar-refractivity contribution in [1.29, 1.82) is 0 Å². The molecule has 1 saturated heterocycles. The van der Waals surface area contributed by atoms with Crippen LogP contribution in [0.1, 0.15) is 29.0 Å².